The van der Waals surface area contributed by atoms with E-state index in [1.165, 1.54) is 7.05 Å². The Labute approximate surface area is 87.0 Å². The molecule has 6 heteroatoms. The van der Waals surface area contributed by atoms with Crippen LogP contribution < -0.4 is 11.2 Å². The number of rotatable bonds is 2. The minimum Gasteiger partial charge on any atom is -0.279 e. The van der Waals surface area contributed by atoms with Crippen LogP contribution in [0.2, 0.25) is 0 Å². The van der Waals surface area contributed by atoms with E-state index in [0.717, 1.165) is 4.57 Å². The highest BCUT2D eigenvalue weighted by Crippen LogP contribution is 2.18. The van der Waals surface area contributed by atoms with Crippen LogP contribution in [0.1, 0.15) is 13.8 Å². The fraction of sp³-hybridized carbons (Fsp3) is 0.333. The molecule has 0 fully saturated rings. The predicted molar refractivity (Wildman–Crippen MR) is 62.1 cm³/mol. The molecule has 0 bridgehead atoms. The molecule has 1 rings (SSSR count). The van der Waals surface area contributed by atoms with Gasteiger partial charge in [0.1, 0.15) is 0 Å². The fourth-order valence-electron chi connectivity index (χ4n) is 0.920. The van der Waals surface area contributed by atoms with Gasteiger partial charge in [-0.3, -0.25) is 19.3 Å². The van der Waals surface area contributed by atoms with Crippen LogP contribution in [0.3, 0.4) is 0 Å². The molecule has 0 aliphatic heterocycles. The summed E-state index contributed by atoms with van der Waals surface area (Å²) in [6, 6.07) is 0. The lowest BCUT2D eigenvalue weighted by molar-refractivity contribution is 0.804. The third kappa shape index (κ3) is 2.49. The summed E-state index contributed by atoms with van der Waals surface area (Å²) >= 11 is 0. The summed E-state index contributed by atoms with van der Waals surface area (Å²) in [5.74, 6) is 0.115. The molecule has 0 aliphatic carbocycles. The van der Waals surface area contributed by atoms with Crippen LogP contribution in [0.15, 0.2) is 19.6 Å². The number of nitrogens with zero attached hydrogens (tertiary/aromatic N) is 3. The van der Waals surface area contributed by atoms with Crippen molar-refractivity contribution in [2.75, 3.05) is 0 Å². The average molecular weight is 210 g/mol. The molecule has 0 atom stereocenters. The predicted octanol–water partition coefficient (Wildman–Crippen LogP) is 0.764. The molecule has 0 spiro atoms. The minimum atomic E-state index is -0.611. The number of hydrogen-bond donors (Lipinski definition) is 1. The first-order valence-electron chi connectivity index (χ1n) is 4.38. The maximum atomic E-state index is 11.1. The molecule has 0 aromatic carbocycles. The largest absolute Gasteiger partial charge is 0.329 e. The molecule has 0 unspecified atom stereocenters. The molecule has 0 amide bonds. The van der Waals surface area contributed by atoms with Gasteiger partial charge in [0, 0.05) is 7.05 Å². The van der Waals surface area contributed by atoms with Crippen molar-refractivity contribution in [3.63, 3.8) is 0 Å². The minimum absolute atomic E-state index is 0.00269. The molecule has 6 nitrogen and oxygen atoms in total. The van der Waals surface area contributed by atoms with Crippen molar-refractivity contribution in [3.05, 3.63) is 20.8 Å². The quantitative estimate of drug-likeness (QED) is 0.731. The van der Waals surface area contributed by atoms with Crippen LogP contribution in [-0.4, -0.2) is 23.0 Å². The van der Waals surface area contributed by atoms with Crippen LogP contribution in [0.5, 0.6) is 0 Å². The molecule has 82 valence electrons. The third-order valence-corrected chi connectivity index (χ3v) is 1.58. The van der Waals surface area contributed by atoms with E-state index in [-0.39, 0.29) is 11.5 Å². The second-order valence-corrected chi connectivity index (χ2v) is 2.31. The molecular formula is C9H14N4O2. The lowest BCUT2D eigenvalue weighted by Crippen LogP contribution is -2.27. The lowest BCUT2D eigenvalue weighted by Gasteiger charge is -2.03. The number of nitrogens with one attached hydrogen (secondary N) is 1. The normalized spacial score (nSPS) is 8.73. The first-order chi connectivity index (χ1) is 7.11. The number of aromatic nitrogens is 2. The van der Waals surface area contributed by atoms with Crippen molar-refractivity contribution in [1.29, 1.82) is 0 Å². The smallest absolute Gasteiger partial charge is 0.279 e. The van der Waals surface area contributed by atoms with Crippen molar-refractivity contribution in [1.82, 2.24) is 9.55 Å². The second kappa shape index (κ2) is 5.69. The van der Waals surface area contributed by atoms with Gasteiger partial charge in [-0.25, -0.2) is 9.79 Å². The van der Waals surface area contributed by atoms with E-state index in [4.69, 9.17) is 0 Å². The van der Waals surface area contributed by atoms with Crippen LogP contribution in [0.25, 0.3) is 0 Å². The number of hydrogen-bond acceptors (Lipinski definition) is 4. The van der Waals surface area contributed by atoms with E-state index >= 15 is 0 Å². The number of aromatic amines is 1. The van der Waals surface area contributed by atoms with Gasteiger partial charge in [-0.2, -0.15) is 0 Å². The number of aliphatic imine (C=N–C) groups is 2. The summed E-state index contributed by atoms with van der Waals surface area (Å²) in [4.78, 5) is 31.2. The molecule has 0 saturated heterocycles. The average Bonchev–Trinajstić information content (AvgIpc) is 2.25. The molecular weight excluding hydrogens is 196 g/mol. The van der Waals surface area contributed by atoms with E-state index in [2.05, 4.69) is 28.4 Å². The lowest BCUT2D eigenvalue weighted by atomic mass is 10.4. The van der Waals surface area contributed by atoms with Crippen molar-refractivity contribution in [2.45, 2.75) is 13.8 Å². The Morgan fingerprint density at radius 3 is 2.13 bits per heavy atom. The summed E-state index contributed by atoms with van der Waals surface area (Å²) in [6.45, 7) is 10.4. The van der Waals surface area contributed by atoms with E-state index in [1.807, 2.05) is 13.8 Å². The van der Waals surface area contributed by atoms with Gasteiger partial charge < -0.3 is 0 Å². The first-order valence-corrected chi connectivity index (χ1v) is 4.38. The molecule has 0 radical (unpaired) electrons. The van der Waals surface area contributed by atoms with Crippen molar-refractivity contribution < 1.29 is 0 Å². The zero-order valence-corrected chi connectivity index (χ0v) is 9.07. The molecule has 1 aromatic rings. The zero-order valence-electron chi connectivity index (χ0n) is 9.07. The van der Waals surface area contributed by atoms with Crippen LogP contribution in [0.4, 0.5) is 11.5 Å². The molecule has 1 aromatic heterocycles. The third-order valence-electron chi connectivity index (χ3n) is 1.58. The van der Waals surface area contributed by atoms with Gasteiger partial charge in [-0.15, -0.1) is 0 Å². The Hall–Kier alpha value is -1.98. The van der Waals surface area contributed by atoms with Gasteiger partial charge in [0.15, 0.2) is 11.5 Å². The van der Waals surface area contributed by atoms with Gasteiger partial charge >= 0.3 is 5.69 Å². The first kappa shape index (κ1) is 13.0. The summed E-state index contributed by atoms with van der Waals surface area (Å²) in [6.07, 6.45) is 0. The highest BCUT2D eigenvalue weighted by Gasteiger charge is 2.08. The number of H-pyrrole nitrogens is 1. The molecule has 15 heavy (non-hydrogen) atoms. The second-order valence-electron chi connectivity index (χ2n) is 2.31. The summed E-state index contributed by atoms with van der Waals surface area (Å²) < 4.78 is 1.14. The van der Waals surface area contributed by atoms with Gasteiger partial charge in [0.2, 0.25) is 0 Å². The Bertz CT molecular complexity index is 470. The van der Waals surface area contributed by atoms with Crippen molar-refractivity contribution in [2.24, 2.45) is 17.0 Å². The van der Waals surface area contributed by atoms with Crippen LogP contribution >= 0.6 is 0 Å². The molecule has 1 N–H and O–H groups in total. The maximum Gasteiger partial charge on any atom is 0.329 e. The van der Waals surface area contributed by atoms with Gasteiger partial charge in [-0.1, -0.05) is 13.8 Å². The van der Waals surface area contributed by atoms with E-state index in [1.54, 1.807) is 0 Å². The highest BCUT2D eigenvalue weighted by molar-refractivity contribution is 5.61. The van der Waals surface area contributed by atoms with Crippen LogP contribution in [-0.2, 0) is 7.05 Å². The monoisotopic (exact) mass is 210 g/mol. The zero-order chi connectivity index (χ0) is 12.0. The van der Waals surface area contributed by atoms with Gasteiger partial charge in [-0.05, 0) is 13.4 Å². The topological polar surface area (TPSA) is 79.6 Å². The molecule has 1 heterocycles. The fourth-order valence-corrected chi connectivity index (χ4v) is 0.920. The van der Waals surface area contributed by atoms with E-state index in [9.17, 15) is 9.59 Å². The van der Waals surface area contributed by atoms with Gasteiger partial charge in [0.25, 0.3) is 5.56 Å². The van der Waals surface area contributed by atoms with Crippen molar-refractivity contribution in [3.8, 4) is 0 Å². The molecule has 0 saturated carbocycles. The van der Waals surface area contributed by atoms with Crippen molar-refractivity contribution >= 4 is 24.9 Å². The SMILES string of the molecule is C=Nc1c(N=C)n(C)c(=O)[nH]c1=O.CC. The standard InChI is InChI=1S/C7H8N4O2.C2H6/c1-8-4-5(9-2)11(3)7(13)10-6(4)12;1-2/h1-2H2,3H3,(H,10,12,13);1-2H3. The molecule has 0 aliphatic rings. The van der Waals surface area contributed by atoms with Gasteiger partial charge in [0.05, 0.1) is 0 Å². The summed E-state index contributed by atoms with van der Waals surface area (Å²) in [7, 11) is 1.46. The van der Waals surface area contributed by atoms with Crippen LogP contribution in [0, 0.1) is 0 Å². The Balaban J connectivity index is 0.000000921. The summed E-state index contributed by atoms with van der Waals surface area (Å²) in [5, 5.41) is 0. The summed E-state index contributed by atoms with van der Waals surface area (Å²) in [5.41, 5.74) is -1.17. The Morgan fingerprint density at radius 1 is 1.20 bits per heavy atom. The Kier molecular flexibility index (Phi) is 4.94. The highest BCUT2D eigenvalue weighted by atomic mass is 16.2. The van der Waals surface area contributed by atoms with E-state index in [0.29, 0.717) is 0 Å². The van der Waals surface area contributed by atoms with E-state index < -0.39 is 11.2 Å². The Morgan fingerprint density at radius 2 is 1.73 bits per heavy atom. The maximum absolute atomic E-state index is 11.1.